The zero-order chi connectivity index (χ0) is 16.1. The van der Waals surface area contributed by atoms with Crippen LogP contribution in [0.15, 0.2) is 42.7 Å². The minimum atomic E-state index is -0.0565. The molecule has 0 spiro atoms. The Hall–Kier alpha value is -2.63. The smallest absolute Gasteiger partial charge is 0.318 e. The molecular formula is C17H21N5O. The highest BCUT2D eigenvalue weighted by atomic mass is 16.2. The molecule has 0 radical (unpaired) electrons. The predicted molar refractivity (Wildman–Crippen MR) is 88.5 cm³/mol. The molecule has 0 fully saturated rings. The molecule has 120 valence electrons. The number of rotatable bonds is 4. The first kappa shape index (κ1) is 15.3. The van der Waals surface area contributed by atoms with Gasteiger partial charge >= 0.3 is 6.03 Å². The Balaban J connectivity index is 1.55. The second-order valence-electron chi connectivity index (χ2n) is 5.48. The molecule has 3 rings (SSSR count). The number of hydrogen-bond donors (Lipinski definition) is 1. The number of carbonyl (C=O) groups excluding carboxylic acids is 1. The molecule has 0 atom stereocenters. The first-order valence-electron chi connectivity index (χ1n) is 7.92. The van der Waals surface area contributed by atoms with Gasteiger partial charge in [0.1, 0.15) is 6.33 Å². The second kappa shape index (κ2) is 7.09. The van der Waals surface area contributed by atoms with Crippen molar-refractivity contribution in [2.45, 2.75) is 26.4 Å². The Kier molecular flexibility index (Phi) is 4.71. The van der Waals surface area contributed by atoms with E-state index in [1.54, 1.807) is 6.33 Å². The van der Waals surface area contributed by atoms with Crippen molar-refractivity contribution in [1.82, 2.24) is 25.0 Å². The summed E-state index contributed by atoms with van der Waals surface area (Å²) in [5.41, 5.74) is 2.55. The molecule has 2 amide bonds. The van der Waals surface area contributed by atoms with E-state index >= 15 is 0 Å². The standard InChI is InChI=1S/C17H21N5O/c1-2-21-13-19-20-16(21)12-18-17(23)22-10-8-15(9-11-22)14-6-4-3-5-7-14/h3-8,13H,2,9-12H2,1H3,(H,18,23). The van der Waals surface area contributed by atoms with Crippen LogP contribution in [0.25, 0.3) is 5.57 Å². The number of nitrogens with zero attached hydrogens (tertiary/aromatic N) is 4. The van der Waals surface area contributed by atoms with E-state index in [0.717, 1.165) is 25.3 Å². The van der Waals surface area contributed by atoms with Gasteiger partial charge in [-0.1, -0.05) is 36.4 Å². The number of hydrogen-bond acceptors (Lipinski definition) is 3. The molecule has 0 unspecified atom stereocenters. The molecule has 1 aliphatic rings. The molecule has 1 N–H and O–H groups in total. The average molecular weight is 311 g/mol. The predicted octanol–water partition coefficient (Wildman–Crippen LogP) is 2.30. The summed E-state index contributed by atoms with van der Waals surface area (Å²) in [5.74, 6) is 0.776. The summed E-state index contributed by atoms with van der Waals surface area (Å²) >= 11 is 0. The molecule has 0 saturated carbocycles. The third-order valence-electron chi connectivity index (χ3n) is 4.08. The van der Waals surface area contributed by atoms with Crippen molar-refractivity contribution in [2.75, 3.05) is 13.1 Å². The van der Waals surface area contributed by atoms with Gasteiger partial charge in [0, 0.05) is 19.6 Å². The summed E-state index contributed by atoms with van der Waals surface area (Å²) < 4.78 is 1.92. The number of aryl methyl sites for hydroxylation is 1. The summed E-state index contributed by atoms with van der Waals surface area (Å²) in [4.78, 5) is 14.1. The highest BCUT2D eigenvalue weighted by Crippen LogP contribution is 2.21. The summed E-state index contributed by atoms with van der Waals surface area (Å²) in [5, 5.41) is 10.8. The average Bonchev–Trinajstić information content (AvgIpc) is 3.08. The van der Waals surface area contributed by atoms with E-state index in [1.807, 2.05) is 34.6 Å². The lowest BCUT2D eigenvalue weighted by atomic mass is 10.00. The lowest BCUT2D eigenvalue weighted by Crippen LogP contribution is -2.42. The van der Waals surface area contributed by atoms with Crippen LogP contribution in [0.4, 0.5) is 4.79 Å². The maximum atomic E-state index is 12.3. The van der Waals surface area contributed by atoms with E-state index in [4.69, 9.17) is 0 Å². The first-order chi connectivity index (χ1) is 11.3. The molecule has 6 heteroatoms. The van der Waals surface area contributed by atoms with Crippen LogP contribution in [0, 0.1) is 0 Å². The van der Waals surface area contributed by atoms with Crippen molar-refractivity contribution in [3.63, 3.8) is 0 Å². The summed E-state index contributed by atoms with van der Waals surface area (Å²) in [6.07, 6.45) is 4.69. The molecule has 23 heavy (non-hydrogen) atoms. The molecule has 2 aromatic rings. The number of benzene rings is 1. The van der Waals surface area contributed by atoms with Crippen molar-refractivity contribution in [3.8, 4) is 0 Å². The monoisotopic (exact) mass is 311 g/mol. The quantitative estimate of drug-likeness (QED) is 0.942. The number of aromatic nitrogens is 3. The van der Waals surface area contributed by atoms with Crippen LogP contribution >= 0.6 is 0 Å². The maximum absolute atomic E-state index is 12.3. The SMILES string of the molecule is CCn1cnnc1CNC(=O)N1CC=C(c2ccccc2)CC1. The molecule has 6 nitrogen and oxygen atoms in total. The van der Waals surface area contributed by atoms with Gasteiger partial charge in [0.15, 0.2) is 5.82 Å². The molecule has 0 aliphatic carbocycles. The van der Waals surface area contributed by atoms with Crippen molar-refractivity contribution < 1.29 is 4.79 Å². The Morgan fingerprint density at radius 1 is 1.30 bits per heavy atom. The number of nitrogens with one attached hydrogen (secondary N) is 1. The van der Waals surface area contributed by atoms with E-state index < -0.39 is 0 Å². The number of carbonyl (C=O) groups is 1. The maximum Gasteiger partial charge on any atom is 0.318 e. The fraction of sp³-hybridized carbons (Fsp3) is 0.353. The zero-order valence-corrected chi connectivity index (χ0v) is 13.3. The van der Waals surface area contributed by atoms with Gasteiger partial charge in [-0.3, -0.25) is 0 Å². The van der Waals surface area contributed by atoms with Crippen molar-refractivity contribution >= 4 is 11.6 Å². The van der Waals surface area contributed by atoms with Crippen LogP contribution in [0.3, 0.4) is 0 Å². The lowest BCUT2D eigenvalue weighted by molar-refractivity contribution is 0.202. The topological polar surface area (TPSA) is 63.1 Å². The Labute approximate surface area is 135 Å². The minimum Gasteiger partial charge on any atom is -0.331 e. The van der Waals surface area contributed by atoms with Crippen LogP contribution < -0.4 is 5.32 Å². The first-order valence-corrected chi connectivity index (χ1v) is 7.92. The molecule has 1 aromatic heterocycles. The van der Waals surface area contributed by atoms with E-state index in [0.29, 0.717) is 13.1 Å². The van der Waals surface area contributed by atoms with Crippen LogP contribution in [0.5, 0.6) is 0 Å². The van der Waals surface area contributed by atoms with Crippen LogP contribution in [0.2, 0.25) is 0 Å². The van der Waals surface area contributed by atoms with Crippen molar-refractivity contribution in [1.29, 1.82) is 0 Å². The van der Waals surface area contributed by atoms with E-state index in [2.05, 4.69) is 33.7 Å². The number of amides is 2. The van der Waals surface area contributed by atoms with Gasteiger partial charge in [0.2, 0.25) is 0 Å². The van der Waals surface area contributed by atoms with Crippen molar-refractivity contribution in [3.05, 3.63) is 54.1 Å². The van der Waals surface area contributed by atoms with Gasteiger partial charge < -0.3 is 14.8 Å². The zero-order valence-electron chi connectivity index (χ0n) is 13.3. The van der Waals surface area contributed by atoms with Crippen LogP contribution in [-0.2, 0) is 13.1 Å². The van der Waals surface area contributed by atoms with Crippen molar-refractivity contribution in [2.24, 2.45) is 0 Å². The Morgan fingerprint density at radius 3 is 2.83 bits per heavy atom. The summed E-state index contributed by atoms with van der Waals surface area (Å²) in [6, 6.07) is 10.3. The highest BCUT2D eigenvalue weighted by Gasteiger charge is 2.18. The normalized spacial score (nSPS) is 14.5. The minimum absolute atomic E-state index is 0.0565. The van der Waals surface area contributed by atoms with E-state index in [9.17, 15) is 4.79 Å². The fourth-order valence-corrected chi connectivity index (χ4v) is 2.71. The molecule has 0 bridgehead atoms. The lowest BCUT2D eigenvalue weighted by Gasteiger charge is -2.26. The van der Waals surface area contributed by atoms with Crippen LogP contribution in [0.1, 0.15) is 24.7 Å². The van der Waals surface area contributed by atoms with E-state index in [1.165, 1.54) is 11.1 Å². The summed E-state index contributed by atoms with van der Waals surface area (Å²) in [7, 11) is 0. The van der Waals surface area contributed by atoms with Gasteiger partial charge in [0.05, 0.1) is 6.54 Å². The molecule has 1 aromatic carbocycles. The van der Waals surface area contributed by atoms with Gasteiger partial charge in [0.25, 0.3) is 0 Å². The van der Waals surface area contributed by atoms with E-state index in [-0.39, 0.29) is 6.03 Å². The molecule has 2 heterocycles. The molecular weight excluding hydrogens is 290 g/mol. The largest absolute Gasteiger partial charge is 0.331 e. The fourth-order valence-electron chi connectivity index (χ4n) is 2.71. The van der Waals surface area contributed by atoms with Gasteiger partial charge in [-0.15, -0.1) is 10.2 Å². The third kappa shape index (κ3) is 3.59. The Bertz CT molecular complexity index is 692. The summed E-state index contributed by atoms with van der Waals surface area (Å²) in [6.45, 7) is 4.59. The molecule has 1 aliphatic heterocycles. The van der Waals surface area contributed by atoms with Gasteiger partial charge in [-0.05, 0) is 24.5 Å². The number of urea groups is 1. The van der Waals surface area contributed by atoms with Gasteiger partial charge in [-0.25, -0.2) is 4.79 Å². The van der Waals surface area contributed by atoms with Crippen LogP contribution in [-0.4, -0.2) is 38.8 Å². The molecule has 0 saturated heterocycles. The second-order valence-corrected chi connectivity index (χ2v) is 5.48. The van der Waals surface area contributed by atoms with Gasteiger partial charge in [-0.2, -0.15) is 0 Å². The highest BCUT2D eigenvalue weighted by molar-refractivity contribution is 5.76. The Morgan fingerprint density at radius 2 is 2.13 bits per heavy atom. The third-order valence-corrected chi connectivity index (χ3v) is 4.08.